The van der Waals surface area contributed by atoms with E-state index in [1.807, 2.05) is 36.2 Å². The molecule has 2 aliphatic rings. The van der Waals surface area contributed by atoms with Gasteiger partial charge in [0.2, 0.25) is 0 Å². The lowest BCUT2D eigenvalue weighted by atomic mass is 9.95. The largest absolute Gasteiger partial charge is 0.496 e. The van der Waals surface area contributed by atoms with Crippen LogP contribution in [0, 0.1) is 0 Å². The molecular formula is C18H17BrN2O2. The van der Waals surface area contributed by atoms with Gasteiger partial charge in [0, 0.05) is 30.6 Å². The summed E-state index contributed by atoms with van der Waals surface area (Å²) in [5.41, 5.74) is 5.19. The van der Waals surface area contributed by atoms with Crippen molar-refractivity contribution in [3.63, 3.8) is 0 Å². The van der Waals surface area contributed by atoms with Gasteiger partial charge in [0.05, 0.1) is 23.0 Å². The first-order chi connectivity index (χ1) is 11.0. The summed E-state index contributed by atoms with van der Waals surface area (Å²) < 4.78 is 6.51. The lowest BCUT2D eigenvalue weighted by molar-refractivity contribution is 0.253. The topological polar surface area (TPSA) is 32.8 Å². The average Bonchev–Trinajstić information content (AvgIpc) is 2.88. The van der Waals surface area contributed by atoms with Crippen molar-refractivity contribution < 1.29 is 9.53 Å². The summed E-state index contributed by atoms with van der Waals surface area (Å²) in [4.78, 5) is 16.6. The highest BCUT2D eigenvalue weighted by Crippen LogP contribution is 2.53. The Labute approximate surface area is 143 Å². The number of carbonyl (C=O) groups is 1. The van der Waals surface area contributed by atoms with Gasteiger partial charge in [-0.15, -0.1) is 0 Å². The third kappa shape index (κ3) is 1.86. The number of hydrogen-bond acceptors (Lipinski definition) is 2. The summed E-state index contributed by atoms with van der Waals surface area (Å²) in [5, 5.41) is 0. The van der Waals surface area contributed by atoms with Crippen LogP contribution in [0.5, 0.6) is 5.75 Å². The lowest BCUT2D eigenvalue weighted by Crippen LogP contribution is -2.39. The molecule has 2 aromatic carbocycles. The number of amides is 2. The predicted molar refractivity (Wildman–Crippen MR) is 95.7 cm³/mol. The molecule has 2 amide bonds. The number of anilines is 2. The molecule has 0 saturated carbocycles. The number of methoxy groups -OCH3 is 1. The van der Waals surface area contributed by atoms with Crippen LogP contribution in [0.3, 0.4) is 0 Å². The van der Waals surface area contributed by atoms with Crippen molar-refractivity contribution in [2.24, 2.45) is 0 Å². The molecule has 0 N–H and O–H groups in total. The Morgan fingerprint density at radius 2 is 2.00 bits per heavy atom. The maximum Gasteiger partial charge on any atom is 0.328 e. The number of nitrogens with zero attached hydrogens (tertiary/aromatic N) is 2. The number of hydrogen-bond donors (Lipinski definition) is 0. The lowest BCUT2D eigenvalue weighted by Gasteiger charge is -2.23. The normalized spacial score (nSPS) is 18.6. The number of benzene rings is 2. The molecule has 0 fully saturated rings. The van der Waals surface area contributed by atoms with Gasteiger partial charge in [-0.3, -0.25) is 9.80 Å². The van der Waals surface area contributed by atoms with E-state index in [-0.39, 0.29) is 11.9 Å². The molecule has 118 valence electrons. The van der Waals surface area contributed by atoms with Crippen LogP contribution in [-0.2, 0) is 0 Å². The quantitative estimate of drug-likeness (QED) is 0.731. The predicted octanol–water partition coefficient (Wildman–Crippen LogP) is 4.62. The van der Waals surface area contributed by atoms with E-state index >= 15 is 0 Å². The van der Waals surface area contributed by atoms with E-state index in [0.29, 0.717) is 6.54 Å². The first kappa shape index (κ1) is 14.6. The zero-order chi connectivity index (χ0) is 16.3. The van der Waals surface area contributed by atoms with E-state index < -0.39 is 0 Å². The number of ether oxygens (including phenoxy) is 1. The van der Waals surface area contributed by atoms with Crippen LogP contribution in [0.1, 0.15) is 18.4 Å². The molecule has 2 heterocycles. The molecule has 23 heavy (non-hydrogen) atoms. The molecule has 4 nitrogen and oxygen atoms in total. The van der Waals surface area contributed by atoms with Gasteiger partial charge in [-0.05, 0) is 33.6 Å². The molecule has 0 saturated heterocycles. The number of urea groups is 1. The third-order valence-corrected chi connectivity index (χ3v) is 5.57. The first-order valence-electron chi connectivity index (χ1n) is 7.59. The van der Waals surface area contributed by atoms with Crippen LogP contribution in [-0.4, -0.2) is 26.7 Å². The monoisotopic (exact) mass is 372 g/mol. The fourth-order valence-corrected chi connectivity index (χ4v) is 4.50. The van der Waals surface area contributed by atoms with E-state index in [1.165, 1.54) is 0 Å². The smallest absolute Gasteiger partial charge is 0.328 e. The minimum atomic E-state index is 0.0128. The minimum Gasteiger partial charge on any atom is -0.496 e. The number of rotatable bonds is 1. The molecule has 1 unspecified atom stereocenters. The molecule has 0 aromatic heterocycles. The second-order valence-corrected chi connectivity index (χ2v) is 6.87. The molecule has 5 heteroatoms. The van der Waals surface area contributed by atoms with Gasteiger partial charge < -0.3 is 4.74 Å². The summed E-state index contributed by atoms with van der Waals surface area (Å²) >= 11 is 3.67. The Balaban J connectivity index is 2.14. The van der Waals surface area contributed by atoms with Crippen LogP contribution in [0.4, 0.5) is 16.2 Å². The minimum absolute atomic E-state index is 0.0128. The zero-order valence-electron chi connectivity index (χ0n) is 13.3. The van der Waals surface area contributed by atoms with Gasteiger partial charge in [0.1, 0.15) is 5.75 Å². The fourth-order valence-electron chi connectivity index (χ4n) is 3.65. The third-order valence-electron chi connectivity index (χ3n) is 4.75. The summed E-state index contributed by atoms with van der Waals surface area (Å²) in [5.74, 6) is 1.06. The SMILES string of the molecule is COc1cc2c3c(c1Br)C(C)CN3C(=O)N(C)c1ccccc1-2. The Hall–Kier alpha value is -2.01. The van der Waals surface area contributed by atoms with Gasteiger partial charge in [0.25, 0.3) is 0 Å². The van der Waals surface area contributed by atoms with Crippen molar-refractivity contribution in [1.82, 2.24) is 0 Å². The zero-order valence-corrected chi connectivity index (χ0v) is 14.8. The van der Waals surface area contributed by atoms with Crippen molar-refractivity contribution in [2.45, 2.75) is 12.8 Å². The summed E-state index contributed by atoms with van der Waals surface area (Å²) in [6.07, 6.45) is 0. The van der Waals surface area contributed by atoms with Gasteiger partial charge in [-0.25, -0.2) is 4.79 Å². The Kier molecular flexibility index (Phi) is 3.17. The molecule has 2 aromatic rings. The molecule has 4 rings (SSSR count). The van der Waals surface area contributed by atoms with Crippen LogP contribution < -0.4 is 14.5 Å². The molecule has 0 bridgehead atoms. The van der Waals surface area contributed by atoms with E-state index in [1.54, 1.807) is 12.0 Å². The fraction of sp³-hybridized carbons (Fsp3) is 0.278. The van der Waals surface area contributed by atoms with Crippen molar-refractivity contribution in [3.8, 4) is 16.9 Å². The summed E-state index contributed by atoms with van der Waals surface area (Å²) in [7, 11) is 3.51. The van der Waals surface area contributed by atoms with E-state index in [0.717, 1.165) is 38.3 Å². The molecule has 0 radical (unpaired) electrons. The highest BCUT2D eigenvalue weighted by Gasteiger charge is 2.39. The van der Waals surface area contributed by atoms with Crippen molar-refractivity contribution in [3.05, 3.63) is 40.4 Å². The van der Waals surface area contributed by atoms with E-state index in [2.05, 4.69) is 28.9 Å². The van der Waals surface area contributed by atoms with Gasteiger partial charge >= 0.3 is 6.03 Å². The van der Waals surface area contributed by atoms with Crippen LogP contribution in [0.2, 0.25) is 0 Å². The summed E-state index contributed by atoms with van der Waals surface area (Å²) in [6.45, 7) is 2.83. The van der Waals surface area contributed by atoms with E-state index in [4.69, 9.17) is 4.74 Å². The van der Waals surface area contributed by atoms with Crippen LogP contribution in [0.25, 0.3) is 11.1 Å². The Morgan fingerprint density at radius 3 is 2.74 bits per heavy atom. The molecule has 0 aliphatic carbocycles. The molecule has 2 aliphatic heterocycles. The number of carbonyl (C=O) groups excluding carboxylic acids is 1. The van der Waals surface area contributed by atoms with Crippen LogP contribution in [0.15, 0.2) is 34.8 Å². The van der Waals surface area contributed by atoms with Crippen molar-refractivity contribution in [2.75, 3.05) is 30.5 Å². The van der Waals surface area contributed by atoms with Gasteiger partial charge in [0.15, 0.2) is 0 Å². The Morgan fingerprint density at radius 1 is 1.26 bits per heavy atom. The highest BCUT2D eigenvalue weighted by atomic mass is 79.9. The maximum absolute atomic E-state index is 13.0. The Bertz CT molecular complexity index is 834. The number of halogens is 1. The van der Waals surface area contributed by atoms with Gasteiger partial charge in [-0.2, -0.15) is 0 Å². The van der Waals surface area contributed by atoms with E-state index in [9.17, 15) is 4.79 Å². The number of para-hydroxylation sites is 1. The van der Waals surface area contributed by atoms with Crippen LogP contribution >= 0.6 is 15.9 Å². The standard InChI is InChI=1S/C18H17BrN2O2/c1-10-9-21-17-12(8-14(23-3)16(19)15(10)17)11-6-4-5-7-13(11)20(2)18(21)22/h4-8,10H,9H2,1-3H3. The second kappa shape index (κ2) is 4.99. The molecular weight excluding hydrogens is 356 g/mol. The average molecular weight is 373 g/mol. The maximum atomic E-state index is 13.0. The van der Waals surface area contributed by atoms with Gasteiger partial charge in [-0.1, -0.05) is 25.1 Å². The number of fused-ring (bicyclic) bond motifs is 2. The van der Waals surface area contributed by atoms with Crippen molar-refractivity contribution >= 4 is 33.3 Å². The summed E-state index contributed by atoms with van der Waals surface area (Å²) in [6, 6.07) is 10.1. The van der Waals surface area contributed by atoms with Crippen molar-refractivity contribution in [1.29, 1.82) is 0 Å². The molecule has 1 atom stereocenters. The highest BCUT2D eigenvalue weighted by molar-refractivity contribution is 9.10. The molecule has 0 spiro atoms. The second-order valence-electron chi connectivity index (χ2n) is 6.07. The first-order valence-corrected chi connectivity index (χ1v) is 8.39.